The van der Waals surface area contributed by atoms with Crippen LogP contribution in [0.1, 0.15) is 19.8 Å². The van der Waals surface area contributed by atoms with Crippen molar-refractivity contribution >= 4 is 19.9 Å². The molecule has 1 N–H and O–H groups in total. The quantitative estimate of drug-likeness (QED) is 0.563. The molecule has 2 unspecified atom stereocenters. The number of hydrogen-bond donors (Lipinski definition) is 1. The van der Waals surface area contributed by atoms with E-state index in [1.807, 2.05) is 6.92 Å². The SMILES string of the molecule is CC1CCCNS1(=O)=S. The van der Waals surface area contributed by atoms with Crippen molar-refractivity contribution in [2.75, 3.05) is 6.54 Å². The number of hydrogen-bond acceptors (Lipinski definition) is 2. The van der Waals surface area contributed by atoms with E-state index >= 15 is 0 Å². The molecule has 1 aliphatic heterocycles. The van der Waals surface area contributed by atoms with Gasteiger partial charge in [0.25, 0.3) is 0 Å². The Morgan fingerprint density at radius 3 is 2.78 bits per heavy atom. The molecule has 4 heteroatoms. The largest absolute Gasteiger partial charge is 0.241 e. The van der Waals surface area contributed by atoms with Gasteiger partial charge in [0.1, 0.15) is 0 Å². The molecule has 1 fully saturated rings. The molecule has 0 aromatic heterocycles. The van der Waals surface area contributed by atoms with Crippen molar-refractivity contribution in [2.45, 2.75) is 25.0 Å². The Morgan fingerprint density at radius 1 is 1.78 bits per heavy atom. The van der Waals surface area contributed by atoms with E-state index < -0.39 is 8.68 Å². The fraction of sp³-hybridized carbons (Fsp3) is 1.00. The molecule has 0 bridgehead atoms. The predicted octanol–water partition coefficient (Wildman–Crippen LogP) is 0.420. The van der Waals surface area contributed by atoms with E-state index in [9.17, 15) is 4.21 Å². The third-order valence-electron chi connectivity index (χ3n) is 1.62. The minimum Gasteiger partial charge on any atom is -0.241 e. The van der Waals surface area contributed by atoms with Gasteiger partial charge in [-0.1, -0.05) is 0 Å². The van der Waals surface area contributed by atoms with Gasteiger partial charge in [-0.05, 0) is 31.0 Å². The Bertz CT molecular complexity index is 185. The lowest BCUT2D eigenvalue weighted by molar-refractivity contribution is 0.608. The highest BCUT2D eigenvalue weighted by atomic mass is 32.8. The summed E-state index contributed by atoms with van der Waals surface area (Å²) in [4.78, 5) is 0. The van der Waals surface area contributed by atoms with Gasteiger partial charge in [-0.15, -0.1) is 0 Å². The van der Waals surface area contributed by atoms with E-state index in [4.69, 9.17) is 11.2 Å². The van der Waals surface area contributed by atoms with Crippen LogP contribution in [0.3, 0.4) is 0 Å². The van der Waals surface area contributed by atoms with Crippen molar-refractivity contribution in [3.8, 4) is 0 Å². The molecular formula is C5H11NOS2. The average molecular weight is 165 g/mol. The molecule has 0 spiro atoms. The predicted molar refractivity (Wildman–Crippen MR) is 42.2 cm³/mol. The van der Waals surface area contributed by atoms with Gasteiger partial charge in [0, 0.05) is 11.8 Å². The fourth-order valence-electron chi connectivity index (χ4n) is 0.901. The summed E-state index contributed by atoms with van der Waals surface area (Å²) < 4.78 is 14.1. The molecule has 2 atom stereocenters. The summed E-state index contributed by atoms with van der Waals surface area (Å²) >= 11 is 4.83. The maximum absolute atomic E-state index is 11.2. The van der Waals surface area contributed by atoms with Gasteiger partial charge in [0.05, 0.1) is 8.68 Å². The lowest BCUT2D eigenvalue weighted by Crippen LogP contribution is -2.37. The highest BCUT2D eigenvalue weighted by Crippen LogP contribution is 2.11. The van der Waals surface area contributed by atoms with Crippen molar-refractivity contribution in [3.05, 3.63) is 0 Å². The van der Waals surface area contributed by atoms with Crippen LogP contribution >= 0.6 is 0 Å². The van der Waals surface area contributed by atoms with Crippen molar-refractivity contribution in [1.29, 1.82) is 0 Å². The van der Waals surface area contributed by atoms with Crippen LogP contribution in [0.4, 0.5) is 0 Å². The molecule has 2 nitrogen and oxygen atoms in total. The Balaban J connectivity index is 2.72. The molecule has 0 amide bonds. The van der Waals surface area contributed by atoms with Crippen LogP contribution in [-0.2, 0) is 19.9 Å². The lowest BCUT2D eigenvalue weighted by Gasteiger charge is -2.21. The van der Waals surface area contributed by atoms with Crippen LogP contribution in [0.2, 0.25) is 0 Å². The third kappa shape index (κ3) is 1.63. The van der Waals surface area contributed by atoms with Gasteiger partial charge in [0.2, 0.25) is 0 Å². The topological polar surface area (TPSA) is 29.1 Å². The van der Waals surface area contributed by atoms with E-state index in [0.29, 0.717) is 0 Å². The van der Waals surface area contributed by atoms with Crippen LogP contribution < -0.4 is 4.72 Å². The maximum Gasteiger partial charge on any atom is 0.0923 e. The zero-order chi connectivity index (χ0) is 6.91. The minimum absolute atomic E-state index is 0.182. The molecule has 1 aliphatic rings. The summed E-state index contributed by atoms with van der Waals surface area (Å²) in [6.45, 7) is 2.77. The van der Waals surface area contributed by atoms with Crippen LogP contribution in [0.15, 0.2) is 0 Å². The third-order valence-corrected chi connectivity index (χ3v) is 4.86. The number of nitrogens with one attached hydrogen (secondary N) is 1. The van der Waals surface area contributed by atoms with Gasteiger partial charge in [-0.2, -0.15) is 0 Å². The van der Waals surface area contributed by atoms with Gasteiger partial charge in [-0.3, -0.25) is 0 Å². The molecule has 1 saturated heterocycles. The Morgan fingerprint density at radius 2 is 2.44 bits per heavy atom. The molecular weight excluding hydrogens is 154 g/mol. The normalized spacial score (nSPS) is 44.8. The first-order valence-electron chi connectivity index (χ1n) is 3.11. The fourth-order valence-corrected chi connectivity index (χ4v) is 2.63. The second-order valence-electron chi connectivity index (χ2n) is 2.39. The van der Waals surface area contributed by atoms with E-state index in [1.165, 1.54) is 0 Å². The molecule has 0 aromatic rings. The van der Waals surface area contributed by atoms with Crippen LogP contribution in [0.5, 0.6) is 0 Å². The van der Waals surface area contributed by atoms with Gasteiger partial charge < -0.3 is 0 Å². The smallest absolute Gasteiger partial charge is 0.0923 e. The van der Waals surface area contributed by atoms with Crippen molar-refractivity contribution < 1.29 is 4.21 Å². The standard InChI is InChI=1S/C5H11NOS2/c1-5-3-2-4-6-9(5,7)8/h5-6H,2-4H2,1H3. The maximum atomic E-state index is 11.2. The molecule has 1 rings (SSSR count). The summed E-state index contributed by atoms with van der Waals surface area (Å²) in [5.74, 6) is 0. The van der Waals surface area contributed by atoms with Crippen LogP contribution in [0, 0.1) is 0 Å². The monoisotopic (exact) mass is 165 g/mol. The van der Waals surface area contributed by atoms with Gasteiger partial charge in [0.15, 0.2) is 0 Å². The van der Waals surface area contributed by atoms with E-state index in [2.05, 4.69) is 4.72 Å². The van der Waals surface area contributed by atoms with Gasteiger partial charge >= 0.3 is 0 Å². The molecule has 9 heavy (non-hydrogen) atoms. The first kappa shape index (κ1) is 7.44. The molecule has 0 aromatic carbocycles. The molecule has 0 saturated carbocycles. The van der Waals surface area contributed by atoms with Crippen molar-refractivity contribution in [1.82, 2.24) is 4.72 Å². The first-order valence-corrected chi connectivity index (χ1v) is 5.66. The second-order valence-corrected chi connectivity index (χ2v) is 6.06. The Labute approximate surface area is 60.8 Å². The second kappa shape index (κ2) is 2.52. The number of rotatable bonds is 0. The van der Waals surface area contributed by atoms with Crippen molar-refractivity contribution in [2.24, 2.45) is 0 Å². The zero-order valence-electron chi connectivity index (χ0n) is 5.42. The molecule has 1 heterocycles. The summed E-state index contributed by atoms with van der Waals surface area (Å²) in [7, 11) is -2.08. The Kier molecular flexibility index (Phi) is 2.08. The van der Waals surface area contributed by atoms with Crippen LogP contribution in [0.25, 0.3) is 0 Å². The molecule has 0 radical (unpaired) electrons. The highest BCUT2D eigenvalue weighted by Gasteiger charge is 2.19. The lowest BCUT2D eigenvalue weighted by atomic mass is 10.2. The zero-order valence-corrected chi connectivity index (χ0v) is 7.06. The highest BCUT2D eigenvalue weighted by molar-refractivity contribution is 8.32. The summed E-state index contributed by atoms with van der Waals surface area (Å²) in [5, 5.41) is 0.182. The van der Waals surface area contributed by atoms with Gasteiger partial charge in [-0.25, -0.2) is 8.93 Å². The first-order chi connectivity index (χ1) is 4.13. The average Bonchev–Trinajstić information content (AvgIpc) is 1.77. The van der Waals surface area contributed by atoms with E-state index in [1.54, 1.807) is 0 Å². The van der Waals surface area contributed by atoms with Crippen molar-refractivity contribution in [3.63, 3.8) is 0 Å². The van der Waals surface area contributed by atoms with E-state index in [-0.39, 0.29) is 5.25 Å². The molecule has 0 aliphatic carbocycles. The summed E-state index contributed by atoms with van der Waals surface area (Å²) in [6, 6.07) is 0. The summed E-state index contributed by atoms with van der Waals surface area (Å²) in [6.07, 6.45) is 2.12. The van der Waals surface area contributed by atoms with Crippen LogP contribution in [-0.4, -0.2) is 16.0 Å². The minimum atomic E-state index is -2.08. The van der Waals surface area contributed by atoms with E-state index in [0.717, 1.165) is 19.4 Å². The molecule has 54 valence electrons. The summed E-state index contributed by atoms with van der Waals surface area (Å²) in [5.41, 5.74) is 0. The Hall–Kier alpha value is 0.330.